The van der Waals surface area contributed by atoms with Gasteiger partial charge >= 0.3 is 0 Å². The zero-order valence-corrected chi connectivity index (χ0v) is 8.35. The van der Waals surface area contributed by atoms with E-state index >= 15 is 0 Å². The lowest BCUT2D eigenvalue weighted by atomic mass is 10.3. The van der Waals surface area contributed by atoms with E-state index in [2.05, 4.69) is 4.98 Å². The Balaban J connectivity index is 3.32. The van der Waals surface area contributed by atoms with Gasteiger partial charge in [0.1, 0.15) is 9.54 Å². The van der Waals surface area contributed by atoms with Crippen LogP contribution in [-0.4, -0.2) is 8.70 Å². The van der Waals surface area contributed by atoms with Crippen molar-refractivity contribution in [1.82, 2.24) is 4.98 Å². The lowest BCUT2D eigenvalue weighted by Gasteiger charge is -2.01. The molecule has 3 nitrogen and oxygen atoms in total. The van der Waals surface area contributed by atoms with Gasteiger partial charge in [-0.1, -0.05) is 11.6 Å². The second-order valence-electron chi connectivity index (χ2n) is 1.87. The molecule has 0 aliphatic rings. The van der Waals surface area contributed by atoms with Crippen LogP contribution in [0, 0.1) is 5.41 Å². The summed E-state index contributed by atoms with van der Waals surface area (Å²) in [4.78, 5) is 3.81. The Bertz CT molecular complexity index is 280. The normalized spacial score (nSPS) is 9.64. The van der Waals surface area contributed by atoms with E-state index in [0.717, 1.165) is 0 Å². The molecule has 11 heavy (non-hydrogen) atoms. The molecular weight excluding hydrogens is 276 g/mol. The molecule has 1 aromatic rings. The van der Waals surface area contributed by atoms with Gasteiger partial charge in [0.25, 0.3) is 0 Å². The number of aromatic nitrogens is 1. The van der Waals surface area contributed by atoms with Gasteiger partial charge < -0.3 is 5.73 Å². The van der Waals surface area contributed by atoms with Crippen LogP contribution in [0.4, 0.5) is 5.82 Å². The van der Waals surface area contributed by atoms with Gasteiger partial charge in [-0.2, -0.15) is 0 Å². The molecule has 0 saturated heterocycles. The summed E-state index contributed by atoms with van der Waals surface area (Å²) in [6, 6.07) is 1.61. The molecule has 58 valence electrons. The van der Waals surface area contributed by atoms with E-state index in [-0.39, 0.29) is 0 Å². The lowest BCUT2D eigenvalue weighted by Crippen LogP contribution is -2.00. The Morgan fingerprint density at radius 2 is 2.36 bits per heavy atom. The number of anilines is 1. The Labute approximate surface area is 82.6 Å². The zero-order chi connectivity index (χ0) is 8.43. The summed E-state index contributed by atoms with van der Waals surface area (Å²) in [7, 11) is 0. The Hall–Kier alpha value is -0.360. The fourth-order valence-corrected chi connectivity index (χ4v) is 1.64. The summed E-state index contributed by atoms with van der Waals surface area (Å²) < 4.78 is 0.304. The summed E-state index contributed by atoms with van der Waals surface area (Å²) in [6.07, 6.45) is 1.51. The molecule has 0 bridgehead atoms. The van der Waals surface area contributed by atoms with Crippen LogP contribution in [0.5, 0.6) is 0 Å². The van der Waals surface area contributed by atoms with Crippen molar-refractivity contribution in [2.75, 3.05) is 5.73 Å². The topological polar surface area (TPSA) is 62.8 Å². The minimum Gasteiger partial charge on any atom is -0.383 e. The molecule has 0 spiro atoms. The van der Waals surface area contributed by atoms with Crippen molar-refractivity contribution < 1.29 is 0 Å². The molecule has 0 unspecified atom stereocenters. The third-order valence-corrected chi connectivity index (χ3v) is 2.00. The van der Waals surface area contributed by atoms with E-state index in [1.165, 1.54) is 6.20 Å². The molecule has 0 fully saturated rings. The van der Waals surface area contributed by atoms with E-state index in [0.29, 0.717) is 20.1 Å². The van der Waals surface area contributed by atoms with Crippen molar-refractivity contribution in [3.63, 3.8) is 0 Å². The SMILES string of the molecule is N=C(I)c1c(Cl)ccnc1N. The number of rotatable bonds is 1. The lowest BCUT2D eigenvalue weighted by molar-refractivity contribution is 1.32. The van der Waals surface area contributed by atoms with Crippen LogP contribution in [-0.2, 0) is 0 Å². The quantitative estimate of drug-likeness (QED) is 0.611. The molecule has 1 rings (SSSR count). The molecule has 0 aromatic carbocycles. The van der Waals surface area contributed by atoms with Crippen LogP contribution in [0.2, 0.25) is 5.02 Å². The van der Waals surface area contributed by atoms with Crippen LogP contribution in [0.15, 0.2) is 12.3 Å². The van der Waals surface area contributed by atoms with E-state index in [4.69, 9.17) is 22.7 Å². The number of pyridine rings is 1. The first-order valence-corrected chi connectivity index (χ1v) is 4.23. The van der Waals surface area contributed by atoms with Gasteiger partial charge in [-0.05, 0) is 28.7 Å². The summed E-state index contributed by atoms with van der Waals surface area (Å²) in [5.74, 6) is 0.303. The smallest absolute Gasteiger partial charge is 0.134 e. The fraction of sp³-hybridized carbons (Fsp3) is 0. The van der Waals surface area contributed by atoms with Crippen LogP contribution in [0.1, 0.15) is 5.56 Å². The highest BCUT2D eigenvalue weighted by Crippen LogP contribution is 2.22. The zero-order valence-electron chi connectivity index (χ0n) is 5.44. The number of hydrogen-bond donors (Lipinski definition) is 2. The molecule has 5 heteroatoms. The van der Waals surface area contributed by atoms with Crippen molar-refractivity contribution >= 4 is 43.7 Å². The van der Waals surface area contributed by atoms with E-state index in [1.54, 1.807) is 6.07 Å². The average molecular weight is 281 g/mol. The second-order valence-corrected chi connectivity index (χ2v) is 3.35. The summed E-state index contributed by atoms with van der Waals surface area (Å²) in [5, 5.41) is 7.77. The largest absolute Gasteiger partial charge is 0.383 e. The first-order chi connectivity index (χ1) is 5.13. The molecule has 0 aliphatic heterocycles. The van der Waals surface area contributed by atoms with Gasteiger partial charge in [-0.25, -0.2) is 4.98 Å². The first-order valence-electron chi connectivity index (χ1n) is 2.77. The van der Waals surface area contributed by atoms with E-state index < -0.39 is 0 Å². The third-order valence-electron chi connectivity index (χ3n) is 1.15. The molecule has 1 heterocycles. The monoisotopic (exact) mass is 281 g/mol. The van der Waals surface area contributed by atoms with Crippen molar-refractivity contribution in [2.45, 2.75) is 0 Å². The fourth-order valence-electron chi connectivity index (χ4n) is 0.671. The average Bonchev–Trinajstić information content (AvgIpc) is 1.85. The predicted molar refractivity (Wildman–Crippen MR) is 54.5 cm³/mol. The van der Waals surface area contributed by atoms with Gasteiger partial charge in [-0.3, -0.25) is 5.41 Å². The minimum absolute atomic E-state index is 0.303. The first kappa shape index (κ1) is 8.73. The Kier molecular flexibility index (Phi) is 2.67. The number of nitrogens with two attached hydrogens (primary N) is 1. The summed E-state index contributed by atoms with van der Waals surface area (Å²) >= 11 is 7.60. The maximum atomic E-state index is 7.30. The van der Waals surface area contributed by atoms with Crippen molar-refractivity contribution in [2.24, 2.45) is 0 Å². The van der Waals surface area contributed by atoms with Crippen LogP contribution < -0.4 is 5.73 Å². The van der Waals surface area contributed by atoms with Gasteiger partial charge in [-0.15, -0.1) is 0 Å². The van der Waals surface area contributed by atoms with Gasteiger partial charge in [0.05, 0.1) is 10.6 Å². The molecule has 0 saturated carbocycles. The van der Waals surface area contributed by atoms with Gasteiger partial charge in [0.15, 0.2) is 0 Å². The van der Waals surface area contributed by atoms with E-state index in [1.807, 2.05) is 22.6 Å². The Morgan fingerprint density at radius 3 is 2.73 bits per heavy atom. The second kappa shape index (κ2) is 3.36. The minimum atomic E-state index is 0.303. The molecule has 0 radical (unpaired) electrons. The number of nitrogens with zero attached hydrogens (tertiary/aromatic N) is 1. The van der Waals surface area contributed by atoms with Crippen LogP contribution in [0.3, 0.4) is 0 Å². The maximum absolute atomic E-state index is 7.30. The van der Waals surface area contributed by atoms with Gasteiger partial charge in [0.2, 0.25) is 0 Å². The molecule has 3 N–H and O–H groups in total. The summed E-state index contributed by atoms with van der Waals surface area (Å²) in [5.41, 5.74) is 5.99. The maximum Gasteiger partial charge on any atom is 0.134 e. The molecular formula is C6H5ClIN3. The highest BCUT2D eigenvalue weighted by atomic mass is 127. The highest BCUT2D eigenvalue weighted by molar-refractivity contribution is 14.1. The van der Waals surface area contributed by atoms with Crippen molar-refractivity contribution in [3.8, 4) is 0 Å². The number of hydrogen-bond acceptors (Lipinski definition) is 3. The number of nitrogens with one attached hydrogen (secondary N) is 1. The molecule has 0 amide bonds. The standard InChI is InChI=1S/C6H5ClIN3/c7-3-1-2-11-6(10)4(3)5(8)9/h1-2,9H,(H2,10,11). The van der Waals surface area contributed by atoms with Gasteiger partial charge in [0, 0.05) is 6.20 Å². The number of halogens is 2. The van der Waals surface area contributed by atoms with Crippen molar-refractivity contribution in [1.29, 1.82) is 5.41 Å². The molecule has 0 atom stereocenters. The highest BCUT2D eigenvalue weighted by Gasteiger charge is 2.07. The van der Waals surface area contributed by atoms with Crippen LogP contribution >= 0.6 is 34.2 Å². The number of nitrogen functional groups attached to an aromatic ring is 1. The Morgan fingerprint density at radius 1 is 1.73 bits per heavy atom. The third kappa shape index (κ3) is 1.81. The predicted octanol–water partition coefficient (Wildman–Crippen LogP) is 2.08. The van der Waals surface area contributed by atoms with E-state index in [9.17, 15) is 0 Å². The molecule has 1 aromatic heterocycles. The summed E-state index contributed by atoms with van der Waals surface area (Å²) in [6.45, 7) is 0. The van der Waals surface area contributed by atoms with Crippen molar-refractivity contribution in [3.05, 3.63) is 22.8 Å². The van der Waals surface area contributed by atoms with Crippen LogP contribution in [0.25, 0.3) is 0 Å². The molecule has 0 aliphatic carbocycles.